The summed E-state index contributed by atoms with van der Waals surface area (Å²) in [5.74, 6) is -0.0818. The van der Waals surface area contributed by atoms with Gasteiger partial charge in [-0.15, -0.1) is 0 Å². The molecule has 0 N–H and O–H groups in total. The number of carbonyl (C=O) groups excluding carboxylic acids is 2. The fourth-order valence-corrected chi connectivity index (χ4v) is 4.06. The number of ketones is 1. The highest BCUT2D eigenvalue weighted by Crippen LogP contribution is 2.24. The van der Waals surface area contributed by atoms with Crippen LogP contribution in [0.4, 0.5) is 9.18 Å². The third kappa shape index (κ3) is 5.90. The molecule has 0 spiro atoms. The molecular weight excluding hydrogens is 441 g/mol. The van der Waals surface area contributed by atoms with Crippen molar-refractivity contribution in [3.63, 3.8) is 0 Å². The Morgan fingerprint density at radius 1 is 1.25 bits per heavy atom. The van der Waals surface area contributed by atoms with E-state index in [1.54, 1.807) is 31.7 Å². The van der Waals surface area contributed by atoms with Gasteiger partial charge in [0.05, 0.1) is 11.3 Å². The summed E-state index contributed by atoms with van der Waals surface area (Å²) in [4.78, 5) is 30.4. The smallest absolute Gasteiger partial charge is 0.410 e. The molecule has 0 unspecified atom stereocenters. The predicted octanol–water partition coefficient (Wildman–Crippen LogP) is 3.20. The van der Waals surface area contributed by atoms with E-state index in [-0.39, 0.29) is 40.8 Å². The van der Waals surface area contributed by atoms with Crippen molar-refractivity contribution in [2.75, 3.05) is 19.1 Å². The molecule has 0 aliphatic carbocycles. The lowest BCUT2D eigenvalue weighted by molar-refractivity contribution is -0.124. The van der Waals surface area contributed by atoms with Gasteiger partial charge in [-0.2, -0.15) is 4.98 Å². The fraction of sp³-hybridized carbons (Fsp3) is 0.524. The molecule has 0 saturated carbocycles. The minimum atomic E-state index is -4.02. The van der Waals surface area contributed by atoms with E-state index < -0.39 is 21.4 Å². The van der Waals surface area contributed by atoms with Crippen LogP contribution >= 0.6 is 0 Å². The molecule has 1 aliphatic rings. The number of alkyl halides is 1. The van der Waals surface area contributed by atoms with Gasteiger partial charge in [-0.25, -0.2) is 17.6 Å². The first-order valence-electron chi connectivity index (χ1n) is 10.2. The molecule has 3 rings (SSSR count). The highest BCUT2D eigenvalue weighted by molar-refractivity contribution is 7.91. The largest absolute Gasteiger partial charge is 0.444 e. The van der Waals surface area contributed by atoms with Crippen molar-refractivity contribution in [3.8, 4) is 11.4 Å². The molecule has 0 radical (unpaired) electrons. The van der Waals surface area contributed by atoms with E-state index in [0.29, 0.717) is 31.5 Å². The summed E-state index contributed by atoms with van der Waals surface area (Å²) in [6.45, 7) is 6.26. The number of hydrogen-bond acceptors (Lipinski definition) is 8. The van der Waals surface area contributed by atoms with Gasteiger partial charge >= 0.3 is 6.09 Å². The average Bonchev–Trinajstić information content (AvgIpc) is 3.21. The number of piperidine rings is 1. The summed E-state index contributed by atoms with van der Waals surface area (Å²) < 4.78 is 46.7. The number of sulfone groups is 1. The Labute approximate surface area is 185 Å². The number of hydrogen-bond donors (Lipinski definition) is 0. The van der Waals surface area contributed by atoms with Gasteiger partial charge in [0, 0.05) is 24.6 Å². The van der Waals surface area contributed by atoms with Gasteiger partial charge in [-0.05, 0) is 45.7 Å². The maximum atomic E-state index is 12.8. The Kier molecular flexibility index (Phi) is 6.97. The molecule has 1 saturated heterocycles. The summed E-state index contributed by atoms with van der Waals surface area (Å²) in [5, 5.41) is 3.81. The normalized spacial score (nSPS) is 15.6. The zero-order valence-corrected chi connectivity index (χ0v) is 19.0. The Morgan fingerprint density at radius 3 is 2.56 bits per heavy atom. The standard InChI is InChI=1S/C21H26FN3O6S/c1-21(2,3)30-20(27)25-9-7-14(8-10-25)17(26)12-18-23-19(24-31-18)15-5-4-6-16(11-15)32(28,29)13-22/h4-6,11,14H,7-10,12-13H2,1-3H3. The van der Waals surface area contributed by atoms with Gasteiger partial charge in [0.1, 0.15) is 11.4 Å². The molecule has 2 aromatic rings. The summed E-state index contributed by atoms with van der Waals surface area (Å²) in [6.07, 6.45) is 0.582. The average molecular weight is 468 g/mol. The van der Waals surface area contributed by atoms with E-state index in [2.05, 4.69) is 10.1 Å². The van der Waals surface area contributed by atoms with Crippen LogP contribution in [0.25, 0.3) is 11.4 Å². The SMILES string of the molecule is CC(C)(C)OC(=O)N1CCC(C(=O)Cc2nc(-c3cccc(S(=O)(=O)CF)c3)no2)CC1. The van der Waals surface area contributed by atoms with Crippen molar-refractivity contribution >= 4 is 21.7 Å². The van der Waals surface area contributed by atoms with Gasteiger partial charge in [0.25, 0.3) is 0 Å². The quantitative estimate of drug-likeness (QED) is 0.635. The van der Waals surface area contributed by atoms with Crippen molar-refractivity contribution < 1.29 is 31.7 Å². The lowest BCUT2D eigenvalue weighted by Gasteiger charge is -2.32. The molecule has 1 aliphatic heterocycles. The van der Waals surface area contributed by atoms with Crippen molar-refractivity contribution in [1.82, 2.24) is 15.0 Å². The van der Waals surface area contributed by atoms with Crippen LogP contribution in [0.2, 0.25) is 0 Å². The van der Waals surface area contributed by atoms with Gasteiger partial charge in [0.2, 0.25) is 21.6 Å². The third-order valence-corrected chi connectivity index (χ3v) is 6.25. The summed E-state index contributed by atoms with van der Waals surface area (Å²) in [6, 6.07) is 4.07. The predicted molar refractivity (Wildman–Crippen MR) is 112 cm³/mol. The number of likely N-dealkylation sites (tertiary alicyclic amines) is 1. The second-order valence-corrected chi connectivity index (χ2v) is 10.6. The Hall–Kier alpha value is -2.82. The van der Waals surface area contributed by atoms with Crippen molar-refractivity contribution in [3.05, 3.63) is 30.2 Å². The molecule has 0 bridgehead atoms. The minimum absolute atomic E-state index is 0.0629. The number of ether oxygens (including phenoxy) is 1. The van der Waals surface area contributed by atoms with Crippen LogP contribution in [-0.2, 0) is 25.8 Å². The molecule has 1 aromatic carbocycles. The lowest BCUT2D eigenvalue weighted by Crippen LogP contribution is -2.43. The molecule has 174 valence electrons. The summed E-state index contributed by atoms with van der Waals surface area (Å²) in [5.41, 5.74) is -0.234. The molecule has 1 fully saturated rings. The number of nitrogens with zero attached hydrogens (tertiary/aromatic N) is 3. The van der Waals surface area contributed by atoms with E-state index in [1.807, 2.05) is 0 Å². The first-order valence-corrected chi connectivity index (χ1v) is 11.9. The molecule has 9 nitrogen and oxygen atoms in total. The number of Topliss-reactive ketones (excluding diaryl/α,β-unsaturated/α-hetero) is 1. The highest BCUT2D eigenvalue weighted by atomic mass is 32.2. The number of rotatable bonds is 6. The number of amides is 1. The first kappa shape index (κ1) is 23.8. The third-order valence-electron chi connectivity index (χ3n) is 4.99. The van der Waals surface area contributed by atoms with Gasteiger partial charge in [-0.3, -0.25) is 4.79 Å². The molecular formula is C21H26FN3O6S. The number of benzene rings is 1. The Bertz CT molecular complexity index is 1080. The first-order chi connectivity index (χ1) is 15.0. The van der Waals surface area contributed by atoms with E-state index >= 15 is 0 Å². The van der Waals surface area contributed by atoms with Crippen LogP contribution in [0.1, 0.15) is 39.5 Å². The second kappa shape index (κ2) is 9.35. The second-order valence-electron chi connectivity index (χ2n) is 8.65. The van der Waals surface area contributed by atoms with Crippen LogP contribution in [0.5, 0.6) is 0 Å². The Morgan fingerprint density at radius 2 is 1.94 bits per heavy atom. The molecule has 1 amide bonds. The summed E-state index contributed by atoms with van der Waals surface area (Å²) in [7, 11) is -4.02. The lowest BCUT2D eigenvalue weighted by atomic mass is 9.91. The number of aromatic nitrogens is 2. The van der Waals surface area contributed by atoms with Crippen molar-refractivity contribution in [2.45, 2.75) is 50.5 Å². The van der Waals surface area contributed by atoms with Crippen LogP contribution < -0.4 is 0 Å². The molecule has 11 heteroatoms. The zero-order chi connectivity index (χ0) is 23.5. The zero-order valence-electron chi connectivity index (χ0n) is 18.2. The topological polar surface area (TPSA) is 120 Å². The van der Waals surface area contributed by atoms with Crippen molar-refractivity contribution in [2.24, 2.45) is 5.92 Å². The van der Waals surface area contributed by atoms with Gasteiger partial charge in [0.15, 0.2) is 6.01 Å². The number of carbonyl (C=O) groups is 2. The molecule has 1 aromatic heterocycles. The van der Waals surface area contributed by atoms with Crippen LogP contribution in [0.3, 0.4) is 0 Å². The van der Waals surface area contributed by atoms with Gasteiger partial charge in [-0.1, -0.05) is 17.3 Å². The maximum Gasteiger partial charge on any atom is 0.410 e. The van der Waals surface area contributed by atoms with E-state index in [0.717, 1.165) is 0 Å². The minimum Gasteiger partial charge on any atom is -0.444 e. The molecule has 0 atom stereocenters. The maximum absolute atomic E-state index is 12.8. The van der Waals surface area contributed by atoms with Crippen LogP contribution in [-0.4, -0.2) is 60.0 Å². The van der Waals surface area contributed by atoms with E-state index in [4.69, 9.17) is 9.26 Å². The number of halogens is 1. The molecule has 32 heavy (non-hydrogen) atoms. The highest BCUT2D eigenvalue weighted by Gasteiger charge is 2.30. The monoisotopic (exact) mass is 467 g/mol. The van der Waals surface area contributed by atoms with E-state index in [9.17, 15) is 22.4 Å². The van der Waals surface area contributed by atoms with E-state index in [1.165, 1.54) is 18.2 Å². The fourth-order valence-electron chi connectivity index (χ4n) is 3.34. The summed E-state index contributed by atoms with van der Waals surface area (Å²) >= 11 is 0. The van der Waals surface area contributed by atoms with Crippen LogP contribution in [0.15, 0.2) is 33.7 Å². The van der Waals surface area contributed by atoms with Crippen LogP contribution in [0, 0.1) is 5.92 Å². The Balaban J connectivity index is 1.59. The molecule has 2 heterocycles. The van der Waals surface area contributed by atoms with Gasteiger partial charge < -0.3 is 14.2 Å². The van der Waals surface area contributed by atoms with Crippen molar-refractivity contribution in [1.29, 1.82) is 0 Å².